The zero-order valence-corrected chi connectivity index (χ0v) is 21.1. The van der Waals surface area contributed by atoms with Crippen LogP contribution in [0.2, 0.25) is 0 Å². The average Bonchev–Trinajstić information content (AvgIpc) is 3.01. The number of amides is 1. The van der Waals surface area contributed by atoms with Crippen molar-refractivity contribution in [3.8, 4) is 0 Å². The summed E-state index contributed by atoms with van der Waals surface area (Å²) in [7, 11) is -3.45. The van der Waals surface area contributed by atoms with Gasteiger partial charge in [-0.05, 0) is 62.5 Å². The normalized spacial score (nSPS) is 41.4. The maximum atomic E-state index is 12.8. The summed E-state index contributed by atoms with van der Waals surface area (Å²) in [5.41, 5.74) is -0.307. The van der Waals surface area contributed by atoms with Gasteiger partial charge in [-0.15, -0.1) is 0 Å². The first-order valence-electron chi connectivity index (χ1n) is 12.3. The van der Waals surface area contributed by atoms with E-state index < -0.39 is 27.5 Å². The Kier molecular flexibility index (Phi) is 6.08. The van der Waals surface area contributed by atoms with E-state index in [9.17, 15) is 13.2 Å². The number of hydrogen-bond acceptors (Lipinski definition) is 7. The van der Waals surface area contributed by atoms with Crippen LogP contribution in [0.4, 0.5) is 5.69 Å². The first kappa shape index (κ1) is 24.2. The van der Waals surface area contributed by atoms with E-state index in [2.05, 4.69) is 19.2 Å². The molecule has 1 aliphatic carbocycles. The highest BCUT2D eigenvalue weighted by Gasteiger charge is 2.69. The van der Waals surface area contributed by atoms with Crippen molar-refractivity contribution in [3.63, 3.8) is 0 Å². The molecule has 6 rings (SSSR count). The van der Waals surface area contributed by atoms with Gasteiger partial charge in [0, 0.05) is 25.0 Å². The van der Waals surface area contributed by atoms with E-state index in [1.54, 1.807) is 18.2 Å². The third kappa shape index (κ3) is 3.99. The number of carbonyl (C=O) groups excluding carboxylic acids is 1. The molecule has 8 nitrogen and oxygen atoms in total. The Balaban J connectivity index is 1.31. The summed E-state index contributed by atoms with van der Waals surface area (Å²) in [5.74, 6) is 0.123. The summed E-state index contributed by atoms with van der Waals surface area (Å²) in [6, 6.07) is 6.45. The number of carbonyl (C=O) groups is 1. The lowest BCUT2D eigenvalue weighted by Gasteiger charge is -2.60. The Morgan fingerprint density at radius 3 is 2.65 bits per heavy atom. The predicted molar refractivity (Wildman–Crippen MR) is 124 cm³/mol. The first-order chi connectivity index (χ1) is 16.0. The van der Waals surface area contributed by atoms with Crippen molar-refractivity contribution in [1.82, 2.24) is 0 Å². The number of para-hydroxylation sites is 1. The lowest BCUT2D eigenvalue weighted by atomic mass is 9.57. The number of ether oxygens (including phenoxy) is 2. The van der Waals surface area contributed by atoms with Gasteiger partial charge < -0.3 is 14.8 Å². The minimum atomic E-state index is -3.45. The van der Waals surface area contributed by atoms with Gasteiger partial charge in [-0.25, -0.2) is 18.2 Å². The molecule has 0 radical (unpaired) electrons. The number of fused-ring (bicyclic) bond motifs is 2. The van der Waals surface area contributed by atoms with Gasteiger partial charge in [-0.1, -0.05) is 26.0 Å². The minimum Gasteiger partial charge on any atom is -0.346 e. The van der Waals surface area contributed by atoms with Gasteiger partial charge in [0.2, 0.25) is 11.7 Å². The standard InChI is InChI=1S/C25H35NO7S/c1-15-9-10-18-16(2)20(30-23-25(18)17(15)13-14-24(3,31-23)32-33-25)11-12-22(27)26-19-7-5-6-8-21(19)34(4,28)29/h5-8,15-18,20,23H,9-14H2,1-4H3,(H,26,27)/t15-,16-,17+,18+,20-,23-,24-,25-/m1/s1. The Labute approximate surface area is 201 Å². The largest absolute Gasteiger partial charge is 0.346 e. The van der Waals surface area contributed by atoms with Gasteiger partial charge in [-0.2, -0.15) is 0 Å². The van der Waals surface area contributed by atoms with Crippen LogP contribution in [0.1, 0.15) is 59.3 Å². The van der Waals surface area contributed by atoms with Crippen LogP contribution in [0.15, 0.2) is 29.2 Å². The molecular weight excluding hydrogens is 458 g/mol. The highest BCUT2D eigenvalue weighted by molar-refractivity contribution is 7.90. The van der Waals surface area contributed by atoms with Crippen LogP contribution >= 0.6 is 0 Å². The van der Waals surface area contributed by atoms with Crippen LogP contribution in [0.3, 0.4) is 0 Å². The molecule has 0 unspecified atom stereocenters. The molecule has 1 amide bonds. The summed E-state index contributed by atoms with van der Waals surface area (Å²) in [6.07, 6.45) is 5.04. The Morgan fingerprint density at radius 2 is 1.88 bits per heavy atom. The minimum absolute atomic E-state index is 0.114. The second-order valence-corrected chi connectivity index (χ2v) is 12.8. The SMILES string of the molecule is C[C@H]1[C@@H](CCC(=O)Nc2ccccc2S(C)(=O)=O)O[C@@H]2O[C@@]3(C)CC[C@H]4[C@H](C)CC[C@@H]1[C@@]24OO3. The zero-order valence-electron chi connectivity index (χ0n) is 20.3. The second kappa shape index (κ2) is 8.55. The van der Waals surface area contributed by atoms with Crippen LogP contribution in [-0.4, -0.2) is 44.4 Å². The van der Waals surface area contributed by atoms with E-state index in [1.807, 2.05) is 6.92 Å². The lowest BCUT2D eigenvalue weighted by Crippen LogP contribution is -2.70. The van der Waals surface area contributed by atoms with Crippen molar-refractivity contribution in [1.29, 1.82) is 0 Å². The van der Waals surface area contributed by atoms with E-state index in [4.69, 9.17) is 19.2 Å². The van der Waals surface area contributed by atoms with Crippen LogP contribution in [0.25, 0.3) is 0 Å². The number of rotatable bonds is 5. The Hall–Kier alpha value is -1.52. The van der Waals surface area contributed by atoms with E-state index in [1.165, 1.54) is 6.07 Å². The Morgan fingerprint density at radius 1 is 1.12 bits per heavy atom. The molecule has 5 fully saturated rings. The molecule has 34 heavy (non-hydrogen) atoms. The van der Waals surface area contributed by atoms with E-state index in [0.29, 0.717) is 23.9 Å². The lowest BCUT2D eigenvalue weighted by molar-refractivity contribution is -0.571. The van der Waals surface area contributed by atoms with Crippen molar-refractivity contribution >= 4 is 21.4 Å². The van der Waals surface area contributed by atoms with Gasteiger partial charge in [0.15, 0.2) is 21.7 Å². The van der Waals surface area contributed by atoms with Crippen LogP contribution in [0, 0.1) is 23.7 Å². The van der Waals surface area contributed by atoms with E-state index >= 15 is 0 Å². The molecule has 4 heterocycles. The van der Waals surface area contributed by atoms with Gasteiger partial charge in [-0.3, -0.25) is 4.79 Å². The molecule has 1 aromatic rings. The molecule has 1 saturated carbocycles. The van der Waals surface area contributed by atoms with Crippen molar-refractivity contribution in [2.24, 2.45) is 23.7 Å². The monoisotopic (exact) mass is 493 g/mol. The maximum absolute atomic E-state index is 12.8. The molecule has 0 aromatic heterocycles. The highest BCUT2D eigenvalue weighted by atomic mass is 32.2. The number of nitrogens with one attached hydrogen (secondary N) is 1. The molecule has 4 saturated heterocycles. The molecule has 1 aromatic carbocycles. The predicted octanol–water partition coefficient (Wildman–Crippen LogP) is 4.06. The molecule has 4 aliphatic heterocycles. The third-order valence-corrected chi connectivity index (χ3v) is 9.67. The molecule has 8 atom stereocenters. The van der Waals surface area contributed by atoms with Crippen molar-refractivity contribution < 1.29 is 32.5 Å². The van der Waals surface area contributed by atoms with Crippen molar-refractivity contribution in [2.45, 2.75) is 88.0 Å². The highest BCUT2D eigenvalue weighted by Crippen LogP contribution is 2.60. The summed E-state index contributed by atoms with van der Waals surface area (Å²) < 4.78 is 37.0. The number of sulfone groups is 1. The molecule has 188 valence electrons. The summed E-state index contributed by atoms with van der Waals surface area (Å²) in [4.78, 5) is 24.9. The molecule has 1 N–H and O–H groups in total. The van der Waals surface area contributed by atoms with Crippen LogP contribution in [0.5, 0.6) is 0 Å². The summed E-state index contributed by atoms with van der Waals surface area (Å²) in [5, 5.41) is 2.77. The summed E-state index contributed by atoms with van der Waals surface area (Å²) in [6.45, 7) is 6.36. The zero-order chi connectivity index (χ0) is 24.3. The van der Waals surface area contributed by atoms with Crippen molar-refractivity contribution in [2.75, 3.05) is 11.6 Å². The van der Waals surface area contributed by atoms with E-state index in [-0.39, 0.29) is 35.2 Å². The van der Waals surface area contributed by atoms with Gasteiger partial charge in [0.25, 0.3) is 0 Å². The maximum Gasteiger partial charge on any atom is 0.224 e. The molecule has 2 bridgehead atoms. The van der Waals surface area contributed by atoms with Crippen LogP contribution in [-0.2, 0) is 33.9 Å². The smallest absolute Gasteiger partial charge is 0.224 e. The number of benzene rings is 1. The second-order valence-electron chi connectivity index (χ2n) is 10.8. The molecule has 1 spiro atoms. The average molecular weight is 494 g/mol. The quantitative estimate of drug-likeness (QED) is 0.618. The summed E-state index contributed by atoms with van der Waals surface area (Å²) >= 11 is 0. The fourth-order valence-corrected chi connectivity index (χ4v) is 7.53. The molecule has 5 aliphatic rings. The molecular formula is C25H35NO7S. The van der Waals surface area contributed by atoms with E-state index in [0.717, 1.165) is 31.9 Å². The van der Waals surface area contributed by atoms with Crippen molar-refractivity contribution in [3.05, 3.63) is 24.3 Å². The van der Waals surface area contributed by atoms with Crippen LogP contribution < -0.4 is 5.32 Å². The fraction of sp³-hybridized carbons (Fsp3) is 0.720. The molecule has 9 heteroatoms. The first-order valence-corrected chi connectivity index (χ1v) is 14.2. The number of anilines is 1. The fourth-order valence-electron chi connectivity index (χ4n) is 6.69. The van der Waals surface area contributed by atoms with Gasteiger partial charge in [0.05, 0.1) is 16.7 Å². The third-order valence-electron chi connectivity index (χ3n) is 8.51. The Bertz CT molecular complexity index is 1060. The topological polar surface area (TPSA) is 100 Å². The van der Waals surface area contributed by atoms with Gasteiger partial charge >= 0.3 is 0 Å². The number of hydrogen-bond donors (Lipinski definition) is 1. The van der Waals surface area contributed by atoms with Gasteiger partial charge in [0.1, 0.15) is 0 Å².